The second-order valence-corrected chi connectivity index (χ2v) is 8.79. The van der Waals surface area contributed by atoms with Crippen molar-refractivity contribution >= 4 is 61.0 Å². The lowest BCUT2D eigenvalue weighted by molar-refractivity contribution is 1.40. The van der Waals surface area contributed by atoms with E-state index < -0.39 is 0 Å². The number of benzene rings is 4. The third-order valence-electron chi connectivity index (χ3n) is 5.09. The van der Waals surface area contributed by atoms with Gasteiger partial charge in [0.1, 0.15) is 0 Å². The quantitative estimate of drug-likeness (QED) is 0.217. The number of amidine groups is 2. The van der Waals surface area contributed by atoms with Gasteiger partial charge in [0.15, 0.2) is 11.7 Å². The molecule has 0 aliphatic heterocycles. The smallest absolute Gasteiger partial charge is 0.161 e. The molecule has 32 heavy (non-hydrogen) atoms. The Morgan fingerprint density at radius 2 is 1.53 bits per heavy atom. The first-order chi connectivity index (χ1) is 15.7. The SMILES string of the molecule is N=C(N=C(N=Cc1ccccc1)c1ccc2c(c1)sc1ccccc12)c1cccc(Cl)c1. The monoisotopic (exact) mass is 451 g/mol. The first kappa shape index (κ1) is 20.3. The third-order valence-corrected chi connectivity index (χ3v) is 6.46. The lowest BCUT2D eigenvalue weighted by Crippen LogP contribution is -2.04. The van der Waals surface area contributed by atoms with Crippen molar-refractivity contribution in [1.82, 2.24) is 0 Å². The van der Waals surface area contributed by atoms with Gasteiger partial charge in [-0.3, -0.25) is 5.41 Å². The van der Waals surface area contributed by atoms with Gasteiger partial charge in [0.25, 0.3) is 0 Å². The van der Waals surface area contributed by atoms with Crippen molar-refractivity contribution in [3.05, 3.63) is 119 Å². The van der Waals surface area contributed by atoms with Crippen LogP contribution in [0.5, 0.6) is 0 Å². The van der Waals surface area contributed by atoms with Crippen molar-refractivity contribution in [2.75, 3.05) is 0 Å². The maximum Gasteiger partial charge on any atom is 0.161 e. The van der Waals surface area contributed by atoms with Gasteiger partial charge >= 0.3 is 0 Å². The van der Waals surface area contributed by atoms with E-state index >= 15 is 0 Å². The van der Waals surface area contributed by atoms with E-state index in [2.05, 4.69) is 46.4 Å². The molecular formula is C27H18ClN3S. The van der Waals surface area contributed by atoms with Crippen LogP contribution in [-0.2, 0) is 0 Å². The van der Waals surface area contributed by atoms with Crippen molar-refractivity contribution in [3.63, 3.8) is 0 Å². The molecule has 0 bridgehead atoms. The van der Waals surface area contributed by atoms with E-state index in [4.69, 9.17) is 17.0 Å². The molecule has 5 heteroatoms. The number of halogens is 1. The fourth-order valence-corrected chi connectivity index (χ4v) is 4.85. The Morgan fingerprint density at radius 3 is 2.38 bits per heavy atom. The van der Waals surface area contributed by atoms with Crippen LogP contribution in [0.25, 0.3) is 20.2 Å². The van der Waals surface area contributed by atoms with E-state index in [9.17, 15) is 0 Å². The molecule has 1 aromatic heterocycles. The molecule has 0 atom stereocenters. The predicted molar refractivity (Wildman–Crippen MR) is 138 cm³/mol. The highest BCUT2D eigenvalue weighted by Gasteiger charge is 2.10. The maximum absolute atomic E-state index is 8.52. The van der Waals surface area contributed by atoms with Crippen molar-refractivity contribution in [2.45, 2.75) is 0 Å². The summed E-state index contributed by atoms with van der Waals surface area (Å²) in [6.07, 6.45) is 1.78. The van der Waals surface area contributed by atoms with Crippen molar-refractivity contribution < 1.29 is 0 Å². The largest absolute Gasteiger partial charge is 0.282 e. The minimum absolute atomic E-state index is 0.115. The highest BCUT2D eigenvalue weighted by Crippen LogP contribution is 2.34. The molecule has 1 N–H and O–H groups in total. The van der Waals surface area contributed by atoms with Crippen LogP contribution >= 0.6 is 22.9 Å². The Hall–Kier alpha value is -3.60. The van der Waals surface area contributed by atoms with Crippen LogP contribution in [0.3, 0.4) is 0 Å². The van der Waals surface area contributed by atoms with Gasteiger partial charge in [0.05, 0.1) is 0 Å². The number of hydrogen-bond donors (Lipinski definition) is 1. The molecule has 0 spiro atoms. The Balaban J connectivity index is 1.60. The Morgan fingerprint density at radius 1 is 0.750 bits per heavy atom. The Bertz CT molecular complexity index is 1500. The van der Waals surface area contributed by atoms with Crippen LogP contribution < -0.4 is 0 Å². The van der Waals surface area contributed by atoms with Crippen LogP contribution in [0.4, 0.5) is 0 Å². The molecule has 0 radical (unpaired) electrons. The van der Waals surface area contributed by atoms with E-state index in [1.807, 2.05) is 48.5 Å². The lowest BCUT2D eigenvalue weighted by Gasteiger charge is -2.05. The summed E-state index contributed by atoms with van der Waals surface area (Å²) in [6, 6.07) is 31.7. The normalized spacial score (nSPS) is 12.1. The summed E-state index contributed by atoms with van der Waals surface area (Å²) in [5.74, 6) is 0.599. The standard InChI is InChI=1S/C27H18ClN3S/c28-21-10-6-9-19(15-21)26(29)31-27(30-17-18-7-2-1-3-8-18)20-13-14-23-22-11-4-5-12-24(22)32-25(23)16-20/h1-17,29H. The molecule has 0 fully saturated rings. The summed E-state index contributed by atoms with van der Waals surface area (Å²) in [7, 11) is 0. The van der Waals surface area contributed by atoms with E-state index in [0.29, 0.717) is 16.4 Å². The van der Waals surface area contributed by atoms with E-state index in [0.717, 1.165) is 11.1 Å². The van der Waals surface area contributed by atoms with Gasteiger partial charge in [0.2, 0.25) is 0 Å². The first-order valence-corrected chi connectivity index (χ1v) is 11.3. The molecule has 4 aromatic carbocycles. The number of nitrogens with one attached hydrogen (secondary N) is 1. The molecule has 0 aliphatic carbocycles. The van der Waals surface area contributed by atoms with Gasteiger partial charge in [-0.1, -0.05) is 84.4 Å². The summed E-state index contributed by atoms with van der Waals surface area (Å²) in [5.41, 5.74) is 2.48. The molecule has 154 valence electrons. The number of nitrogens with zero attached hydrogens (tertiary/aromatic N) is 2. The summed E-state index contributed by atoms with van der Waals surface area (Å²) >= 11 is 7.86. The molecule has 0 aliphatic rings. The zero-order valence-electron chi connectivity index (χ0n) is 17.0. The van der Waals surface area contributed by atoms with Gasteiger partial charge in [0, 0.05) is 42.5 Å². The first-order valence-electron chi connectivity index (χ1n) is 10.1. The highest BCUT2D eigenvalue weighted by molar-refractivity contribution is 7.25. The fourth-order valence-electron chi connectivity index (χ4n) is 3.51. The minimum Gasteiger partial charge on any atom is -0.282 e. The molecule has 0 unspecified atom stereocenters. The van der Waals surface area contributed by atoms with E-state index in [-0.39, 0.29) is 5.84 Å². The molecule has 0 amide bonds. The lowest BCUT2D eigenvalue weighted by atomic mass is 10.1. The average Bonchev–Trinajstić information content (AvgIpc) is 3.20. The summed E-state index contributed by atoms with van der Waals surface area (Å²) in [5, 5.41) is 11.6. The second-order valence-electron chi connectivity index (χ2n) is 7.27. The van der Waals surface area contributed by atoms with Crippen LogP contribution in [-0.4, -0.2) is 17.9 Å². The molecular weight excluding hydrogens is 434 g/mol. The Kier molecular flexibility index (Phi) is 5.63. The van der Waals surface area contributed by atoms with E-state index in [1.54, 1.807) is 29.7 Å². The average molecular weight is 452 g/mol. The third kappa shape index (κ3) is 4.24. The van der Waals surface area contributed by atoms with Gasteiger partial charge in [-0.05, 0) is 29.8 Å². The van der Waals surface area contributed by atoms with Gasteiger partial charge < -0.3 is 0 Å². The molecule has 0 saturated heterocycles. The number of aliphatic imine (C=N–C) groups is 2. The minimum atomic E-state index is 0.115. The van der Waals surface area contributed by atoms with Crippen LogP contribution in [0.15, 0.2) is 107 Å². The van der Waals surface area contributed by atoms with Crippen molar-refractivity contribution in [1.29, 1.82) is 5.41 Å². The van der Waals surface area contributed by atoms with Gasteiger partial charge in [-0.2, -0.15) is 0 Å². The number of hydrogen-bond acceptors (Lipinski definition) is 2. The van der Waals surface area contributed by atoms with Gasteiger partial charge in [-0.25, -0.2) is 9.98 Å². The molecule has 0 saturated carbocycles. The van der Waals surface area contributed by atoms with Crippen LogP contribution in [0, 0.1) is 5.41 Å². The second kappa shape index (κ2) is 8.87. The van der Waals surface area contributed by atoms with Crippen molar-refractivity contribution in [3.8, 4) is 0 Å². The number of rotatable bonds is 3. The fraction of sp³-hybridized carbons (Fsp3) is 0. The molecule has 3 nitrogen and oxygen atoms in total. The highest BCUT2D eigenvalue weighted by atomic mass is 35.5. The summed E-state index contributed by atoms with van der Waals surface area (Å²) < 4.78 is 2.41. The Labute approximate surface area is 194 Å². The predicted octanol–water partition coefficient (Wildman–Crippen LogP) is 7.60. The molecule has 5 aromatic rings. The zero-order chi connectivity index (χ0) is 21.9. The number of fused-ring (bicyclic) bond motifs is 3. The molecule has 5 rings (SSSR count). The van der Waals surface area contributed by atoms with Crippen LogP contribution in [0.1, 0.15) is 16.7 Å². The van der Waals surface area contributed by atoms with Crippen LogP contribution in [0.2, 0.25) is 5.02 Å². The molecule has 1 heterocycles. The van der Waals surface area contributed by atoms with Crippen molar-refractivity contribution in [2.24, 2.45) is 9.98 Å². The topological polar surface area (TPSA) is 48.6 Å². The maximum atomic E-state index is 8.52. The number of thiophene rings is 1. The summed E-state index contributed by atoms with van der Waals surface area (Å²) in [4.78, 5) is 9.25. The van der Waals surface area contributed by atoms with Gasteiger partial charge in [-0.15, -0.1) is 11.3 Å². The zero-order valence-corrected chi connectivity index (χ0v) is 18.6. The summed E-state index contributed by atoms with van der Waals surface area (Å²) in [6.45, 7) is 0. The van der Waals surface area contributed by atoms with E-state index in [1.165, 1.54) is 20.2 Å².